The Morgan fingerprint density at radius 3 is 3.00 bits per heavy atom. The number of nitrogens with zero attached hydrogens (tertiary/aromatic N) is 1. The van der Waals surface area contributed by atoms with Gasteiger partial charge in [0.25, 0.3) is 5.91 Å². The Morgan fingerprint density at radius 2 is 2.25 bits per heavy atom. The summed E-state index contributed by atoms with van der Waals surface area (Å²) in [4.78, 5) is 12.2. The highest BCUT2D eigenvalue weighted by molar-refractivity contribution is 5.94. The number of nitrogens with one attached hydrogen (secondary N) is 3. The minimum absolute atomic E-state index is 0.156. The van der Waals surface area contributed by atoms with Gasteiger partial charge in [-0.15, -0.1) is 0 Å². The summed E-state index contributed by atoms with van der Waals surface area (Å²) in [6.07, 6.45) is -0.487. The van der Waals surface area contributed by atoms with E-state index in [4.69, 9.17) is 0 Å². The number of carbonyl (C=O) groups is 1. The van der Waals surface area contributed by atoms with Gasteiger partial charge in [-0.25, -0.2) is 0 Å². The molecule has 2 aliphatic rings. The van der Waals surface area contributed by atoms with E-state index in [1.54, 1.807) is 0 Å². The molecule has 0 bridgehead atoms. The Morgan fingerprint density at radius 1 is 1.45 bits per heavy atom. The van der Waals surface area contributed by atoms with E-state index in [2.05, 4.69) is 20.8 Å². The maximum absolute atomic E-state index is 12.8. The maximum Gasteiger partial charge on any atom is 0.420 e. The molecule has 8 heteroatoms. The number of hydrogen-bond acceptors (Lipinski definition) is 3. The van der Waals surface area contributed by atoms with Gasteiger partial charge in [-0.1, -0.05) is 0 Å². The van der Waals surface area contributed by atoms with Gasteiger partial charge < -0.3 is 10.6 Å². The van der Waals surface area contributed by atoms with E-state index in [1.807, 2.05) is 0 Å². The largest absolute Gasteiger partial charge is 0.420 e. The minimum atomic E-state index is -4.58. The maximum atomic E-state index is 12.8. The van der Waals surface area contributed by atoms with E-state index < -0.39 is 28.9 Å². The molecule has 1 aliphatic heterocycles. The third kappa shape index (κ3) is 2.07. The first kappa shape index (κ1) is 13.4. The van der Waals surface area contributed by atoms with Gasteiger partial charge in [0.2, 0.25) is 0 Å². The smallest absolute Gasteiger partial charge is 0.344 e. The summed E-state index contributed by atoms with van der Waals surface area (Å²) in [5.41, 5.74) is -1.94. The Bertz CT molecular complexity index is 515. The Balaban J connectivity index is 1.82. The first-order valence-electron chi connectivity index (χ1n) is 6.59. The average molecular weight is 288 g/mol. The number of fused-ring (bicyclic) bond motifs is 1. The minimum Gasteiger partial charge on any atom is -0.344 e. The molecule has 1 saturated heterocycles. The number of H-pyrrole nitrogens is 1. The lowest BCUT2D eigenvalue weighted by Gasteiger charge is -2.30. The lowest BCUT2D eigenvalue weighted by Crippen LogP contribution is -2.53. The standard InChI is InChI=1S/C12H15F3N4O/c13-12(14,15)7-6-17-19-9(7)10(20)18-11-3-1-2-8(11)16-5-4-11/h6,8,16H,1-5H2,(H,17,19)(H,18,20). The second kappa shape index (κ2) is 4.47. The molecule has 3 N–H and O–H groups in total. The van der Waals surface area contributed by atoms with Crippen molar-refractivity contribution in [3.05, 3.63) is 17.5 Å². The van der Waals surface area contributed by atoms with E-state index in [1.165, 1.54) is 0 Å². The second-order valence-corrected chi connectivity index (χ2v) is 5.42. The van der Waals surface area contributed by atoms with Crippen LogP contribution in [0.2, 0.25) is 0 Å². The molecule has 1 amide bonds. The van der Waals surface area contributed by atoms with Crippen molar-refractivity contribution in [2.75, 3.05) is 6.54 Å². The molecule has 3 rings (SSSR count). The van der Waals surface area contributed by atoms with Crippen LogP contribution in [0.15, 0.2) is 6.20 Å². The van der Waals surface area contributed by atoms with Crippen molar-refractivity contribution in [1.82, 2.24) is 20.8 Å². The van der Waals surface area contributed by atoms with Crippen molar-refractivity contribution in [3.63, 3.8) is 0 Å². The zero-order valence-electron chi connectivity index (χ0n) is 10.7. The fourth-order valence-corrected chi connectivity index (χ4v) is 3.31. The predicted octanol–water partition coefficient (Wildman–Crippen LogP) is 1.44. The van der Waals surface area contributed by atoms with Crippen LogP contribution in [0.4, 0.5) is 13.2 Å². The quantitative estimate of drug-likeness (QED) is 0.771. The summed E-state index contributed by atoms with van der Waals surface area (Å²) in [7, 11) is 0. The van der Waals surface area contributed by atoms with Crippen molar-refractivity contribution >= 4 is 5.91 Å². The highest BCUT2D eigenvalue weighted by Gasteiger charge is 2.48. The molecule has 2 fully saturated rings. The number of carbonyl (C=O) groups excluding carboxylic acids is 1. The van der Waals surface area contributed by atoms with E-state index in [0.717, 1.165) is 32.2 Å². The molecule has 20 heavy (non-hydrogen) atoms. The summed E-state index contributed by atoms with van der Waals surface area (Å²) >= 11 is 0. The summed E-state index contributed by atoms with van der Waals surface area (Å²) < 4.78 is 38.3. The highest BCUT2D eigenvalue weighted by Crippen LogP contribution is 2.37. The molecule has 0 aromatic carbocycles. The molecule has 0 radical (unpaired) electrons. The van der Waals surface area contributed by atoms with E-state index >= 15 is 0 Å². The van der Waals surface area contributed by atoms with E-state index in [9.17, 15) is 18.0 Å². The fraction of sp³-hybridized carbons (Fsp3) is 0.667. The molecule has 2 atom stereocenters. The first-order chi connectivity index (χ1) is 9.42. The molecular formula is C12H15F3N4O. The normalized spacial score (nSPS) is 29.4. The summed E-state index contributed by atoms with van der Waals surface area (Å²) in [6, 6.07) is 0.156. The molecule has 1 aliphatic carbocycles. The highest BCUT2D eigenvalue weighted by atomic mass is 19.4. The van der Waals surface area contributed by atoms with Gasteiger partial charge in [-0.05, 0) is 32.2 Å². The summed E-state index contributed by atoms with van der Waals surface area (Å²) in [6.45, 7) is 0.778. The topological polar surface area (TPSA) is 69.8 Å². The van der Waals surface area contributed by atoms with Crippen molar-refractivity contribution in [2.45, 2.75) is 43.4 Å². The molecule has 0 spiro atoms. The third-order valence-electron chi connectivity index (χ3n) is 4.28. The molecule has 1 aromatic rings. The fourth-order valence-electron chi connectivity index (χ4n) is 3.31. The van der Waals surface area contributed by atoms with Crippen molar-refractivity contribution in [1.29, 1.82) is 0 Å². The number of halogens is 3. The van der Waals surface area contributed by atoms with Gasteiger partial charge in [-0.2, -0.15) is 18.3 Å². The van der Waals surface area contributed by atoms with Gasteiger partial charge in [0.05, 0.1) is 11.7 Å². The van der Waals surface area contributed by atoms with Crippen LogP contribution in [-0.4, -0.2) is 34.2 Å². The number of rotatable bonds is 2. The first-order valence-corrected chi connectivity index (χ1v) is 6.59. The van der Waals surface area contributed by atoms with Crippen LogP contribution >= 0.6 is 0 Å². The van der Waals surface area contributed by atoms with Crippen LogP contribution in [0.25, 0.3) is 0 Å². The molecule has 2 unspecified atom stereocenters. The Labute approximate surface area is 113 Å². The number of amides is 1. The zero-order valence-corrected chi connectivity index (χ0v) is 10.7. The number of alkyl halides is 3. The van der Waals surface area contributed by atoms with Crippen LogP contribution in [0.5, 0.6) is 0 Å². The van der Waals surface area contributed by atoms with Crippen molar-refractivity contribution in [3.8, 4) is 0 Å². The molecule has 1 saturated carbocycles. The van der Waals surface area contributed by atoms with E-state index in [0.29, 0.717) is 6.20 Å². The molecular weight excluding hydrogens is 273 g/mol. The van der Waals surface area contributed by atoms with E-state index in [-0.39, 0.29) is 6.04 Å². The monoisotopic (exact) mass is 288 g/mol. The third-order valence-corrected chi connectivity index (χ3v) is 4.28. The average Bonchev–Trinajstić information content (AvgIpc) is 3.00. The lowest BCUT2D eigenvalue weighted by atomic mass is 9.93. The van der Waals surface area contributed by atoms with Crippen molar-refractivity contribution in [2.24, 2.45) is 0 Å². The second-order valence-electron chi connectivity index (χ2n) is 5.42. The lowest BCUT2D eigenvalue weighted by molar-refractivity contribution is -0.137. The molecule has 5 nitrogen and oxygen atoms in total. The number of hydrogen-bond donors (Lipinski definition) is 3. The summed E-state index contributed by atoms with van der Waals surface area (Å²) in [5, 5.41) is 11.6. The van der Waals surface area contributed by atoms with Crippen LogP contribution in [0, 0.1) is 0 Å². The van der Waals surface area contributed by atoms with Crippen LogP contribution < -0.4 is 10.6 Å². The molecule has 1 aromatic heterocycles. The van der Waals surface area contributed by atoms with Gasteiger partial charge in [0, 0.05) is 6.04 Å². The number of aromatic amines is 1. The van der Waals surface area contributed by atoms with Crippen LogP contribution in [0.1, 0.15) is 41.7 Å². The van der Waals surface area contributed by atoms with Crippen molar-refractivity contribution < 1.29 is 18.0 Å². The molecule has 110 valence electrons. The van der Waals surface area contributed by atoms with Crippen LogP contribution in [0.3, 0.4) is 0 Å². The SMILES string of the molecule is O=C(NC12CCCC1NCC2)c1[nH]ncc1C(F)(F)F. The molecule has 2 heterocycles. The van der Waals surface area contributed by atoms with Gasteiger partial charge in [0.15, 0.2) is 0 Å². The van der Waals surface area contributed by atoms with Gasteiger partial charge in [-0.3, -0.25) is 9.89 Å². The van der Waals surface area contributed by atoms with Gasteiger partial charge >= 0.3 is 6.18 Å². The van der Waals surface area contributed by atoms with Gasteiger partial charge in [0.1, 0.15) is 11.3 Å². The zero-order chi connectivity index (χ0) is 14.4. The predicted molar refractivity (Wildman–Crippen MR) is 64.0 cm³/mol. The Hall–Kier alpha value is -1.57. The van der Waals surface area contributed by atoms with Crippen LogP contribution in [-0.2, 0) is 6.18 Å². The Kier molecular flexibility index (Phi) is 3.00. The number of aromatic nitrogens is 2. The summed E-state index contributed by atoms with van der Waals surface area (Å²) in [5.74, 6) is -0.731.